The molecule has 0 saturated carbocycles. The van der Waals surface area contributed by atoms with Crippen molar-refractivity contribution < 1.29 is 9.90 Å². The van der Waals surface area contributed by atoms with Gasteiger partial charge in [0.05, 0.1) is 23.1 Å². The molecule has 6 nitrogen and oxygen atoms in total. The molecule has 6 heteroatoms. The van der Waals surface area contributed by atoms with E-state index >= 15 is 0 Å². The molecule has 4 aromatic rings. The Balaban J connectivity index is 1.61. The van der Waals surface area contributed by atoms with Crippen LogP contribution in [0.15, 0.2) is 96.2 Å². The van der Waals surface area contributed by atoms with Crippen molar-refractivity contribution in [2.45, 2.75) is 19.4 Å². The number of para-hydroxylation sites is 1. The quantitative estimate of drug-likeness (QED) is 0.506. The molecule has 0 unspecified atom stereocenters. The number of phenols is 1. The van der Waals surface area contributed by atoms with Crippen LogP contribution in [0.25, 0.3) is 16.9 Å². The van der Waals surface area contributed by atoms with Gasteiger partial charge in [-0.05, 0) is 24.3 Å². The molecule has 0 fully saturated rings. The third-order valence-electron chi connectivity index (χ3n) is 5.58. The zero-order chi connectivity index (χ0) is 22.1. The van der Waals surface area contributed by atoms with Crippen molar-refractivity contribution in [1.82, 2.24) is 14.8 Å². The smallest absolute Gasteiger partial charge is 0.240 e. The zero-order valence-electron chi connectivity index (χ0n) is 17.6. The predicted molar refractivity (Wildman–Crippen MR) is 124 cm³/mol. The van der Waals surface area contributed by atoms with Crippen LogP contribution in [0.2, 0.25) is 0 Å². The largest absolute Gasteiger partial charge is 0.508 e. The maximum atomic E-state index is 12.5. The fourth-order valence-corrected chi connectivity index (χ4v) is 4.07. The van der Waals surface area contributed by atoms with Gasteiger partial charge in [-0.1, -0.05) is 60.7 Å². The Bertz CT molecular complexity index is 1300. The Morgan fingerprint density at radius 3 is 2.31 bits per heavy atom. The molecule has 0 bridgehead atoms. The van der Waals surface area contributed by atoms with Crippen LogP contribution >= 0.6 is 0 Å². The van der Waals surface area contributed by atoms with E-state index in [0.717, 1.165) is 33.8 Å². The maximum Gasteiger partial charge on any atom is 0.240 e. The molecule has 1 aromatic heterocycles. The molecule has 3 aromatic carbocycles. The van der Waals surface area contributed by atoms with Gasteiger partial charge in [-0.15, -0.1) is 0 Å². The lowest BCUT2D eigenvalue weighted by molar-refractivity contribution is -0.130. The molecule has 0 spiro atoms. The van der Waals surface area contributed by atoms with Crippen molar-refractivity contribution in [3.05, 3.63) is 102 Å². The van der Waals surface area contributed by atoms with E-state index in [2.05, 4.69) is 5.10 Å². The average Bonchev–Trinajstić information content (AvgIpc) is 3.45. The van der Waals surface area contributed by atoms with E-state index in [1.165, 1.54) is 11.9 Å². The van der Waals surface area contributed by atoms with Crippen LogP contribution in [-0.4, -0.2) is 31.5 Å². The number of hydrogen-bond acceptors (Lipinski definition) is 4. The van der Waals surface area contributed by atoms with Gasteiger partial charge in [0.25, 0.3) is 0 Å². The lowest BCUT2D eigenvalue weighted by Crippen LogP contribution is -2.24. The highest BCUT2D eigenvalue weighted by Crippen LogP contribution is 2.38. The van der Waals surface area contributed by atoms with E-state index in [9.17, 15) is 9.90 Å². The molecule has 158 valence electrons. The Kier molecular flexibility index (Phi) is 5.03. The Morgan fingerprint density at radius 2 is 1.62 bits per heavy atom. The van der Waals surface area contributed by atoms with Crippen molar-refractivity contribution in [2.75, 3.05) is 0 Å². The maximum absolute atomic E-state index is 12.5. The van der Waals surface area contributed by atoms with Crippen LogP contribution in [0.5, 0.6) is 5.75 Å². The number of carbonyl (C=O) groups excluding carboxylic acids is 1. The van der Waals surface area contributed by atoms with E-state index in [0.29, 0.717) is 6.42 Å². The second-order valence-electron chi connectivity index (χ2n) is 7.76. The van der Waals surface area contributed by atoms with Crippen LogP contribution in [0, 0.1) is 0 Å². The molecule has 0 radical (unpaired) electrons. The fourth-order valence-electron chi connectivity index (χ4n) is 4.07. The van der Waals surface area contributed by atoms with Crippen LogP contribution in [0.1, 0.15) is 30.5 Å². The minimum absolute atomic E-state index is 0.142. The highest BCUT2D eigenvalue weighted by molar-refractivity contribution is 6.03. The molecule has 0 saturated heterocycles. The summed E-state index contributed by atoms with van der Waals surface area (Å²) in [7, 11) is 0. The molecule has 32 heavy (non-hydrogen) atoms. The van der Waals surface area contributed by atoms with Gasteiger partial charge in [-0.25, -0.2) is 9.69 Å². The van der Waals surface area contributed by atoms with Crippen molar-refractivity contribution in [1.29, 1.82) is 0 Å². The second kappa shape index (κ2) is 8.15. The molecule has 1 aliphatic heterocycles. The summed E-state index contributed by atoms with van der Waals surface area (Å²) >= 11 is 0. The monoisotopic (exact) mass is 422 g/mol. The number of benzene rings is 3. The minimum Gasteiger partial charge on any atom is -0.508 e. The average molecular weight is 422 g/mol. The van der Waals surface area contributed by atoms with Crippen LogP contribution in [0.4, 0.5) is 0 Å². The molecule has 2 heterocycles. The number of phenolic OH excluding ortho intramolecular Hbond substituents is 1. The Morgan fingerprint density at radius 1 is 0.938 bits per heavy atom. The Labute approximate surface area is 186 Å². The molecule has 1 amide bonds. The summed E-state index contributed by atoms with van der Waals surface area (Å²) in [4.78, 5) is 12.5. The van der Waals surface area contributed by atoms with Gasteiger partial charge in [0.15, 0.2) is 0 Å². The van der Waals surface area contributed by atoms with E-state index in [4.69, 9.17) is 5.10 Å². The molecule has 1 aliphatic rings. The standard InChI is InChI=1S/C26H22N4O2/c1-18(31)30-25(16-24(27-30)20-11-8-14-22(32)15-20)23-17-29(21-12-6-3-7-13-21)28-26(23)19-9-4-2-5-10-19/h2-15,17,25,32H,16H2,1H3/t25-/m1/s1. The second-order valence-corrected chi connectivity index (χ2v) is 7.76. The Hall–Kier alpha value is -4.19. The number of hydrogen-bond donors (Lipinski definition) is 1. The van der Waals surface area contributed by atoms with Gasteiger partial charge in [0, 0.05) is 36.2 Å². The lowest BCUT2D eigenvalue weighted by Gasteiger charge is -2.20. The first kappa shape index (κ1) is 19.8. The van der Waals surface area contributed by atoms with E-state index in [-0.39, 0.29) is 17.7 Å². The van der Waals surface area contributed by atoms with Gasteiger partial charge >= 0.3 is 0 Å². The normalized spacial score (nSPS) is 15.6. The summed E-state index contributed by atoms with van der Waals surface area (Å²) in [5.41, 5.74) is 5.22. The lowest BCUT2D eigenvalue weighted by atomic mass is 9.96. The topological polar surface area (TPSA) is 70.7 Å². The molecular formula is C26H22N4O2. The summed E-state index contributed by atoms with van der Waals surface area (Å²) in [5, 5.41) is 20.9. The summed E-state index contributed by atoms with van der Waals surface area (Å²) in [5.74, 6) is 0.0292. The number of hydrazone groups is 1. The van der Waals surface area contributed by atoms with Gasteiger partial charge in [0.1, 0.15) is 5.75 Å². The molecule has 0 aliphatic carbocycles. The summed E-state index contributed by atoms with van der Waals surface area (Å²) in [6.45, 7) is 1.52. The number of aromatic nitrogens is 2. The minimum atomic E-state index is -0.294. The van der Waals surface area contributed by atoms with E-state index < -0.39 is 0 Å². The summed E-state index contributed by atoms with van der Waals surface area (Å²) in [6, 6.07) is 26.5. The van der Waals surface area contributed by atoms with Gasteiger partial charge in [0.2, 0.25) is 5.91 Å². The number of amides is 1. The van der Waals surface area contributed by atoms with Crippen molar-refractivity contribution in [2.24, 2.45) is 5.10 Å². The number of rotatable bonds is 4. The van der Waals surface area contributed by atoms with Crippen molar-refractivity contribution >= 4 is 11.6 Å². The van der Waals surface area contributed by atoms with Crippen LogP contribution in [-0.2, 0) is 4.79 Å². The van der Waals surface area contributed by atoms with E-state index in [1.54, 1.807) is 18.2 Å². The molecule has 1 N–H and O–H groups in total. The van der Waals surface area contributed by atoms with Crippen molar-refractivity contribution in [3.8, 4) is 22.7 Å². The zero-order valence-corrected chi connectivity index (χ0v) is 17.6. The van der Waals surface area contributed by atoms with Crippen LogP contribution in [0.3, 0.4) is 0 Å². The third kappa shape index (κ3) is 3.67. The highest BCUT2D eigenvalue weighted by atomic mass is 16.3. The first-order chi connectivity index (χ1) is 15.6. The summed E-state index contributed by atoms with van der Waals surface area (Å²) in [6.07, 6.45) is 2.52. The van der Waals surface area contributed by atoms with Crippen molar-refractivity contribution in [3.63, 3.8) is 0 Å². The number of nitrogens with zero attached hydrogens (tertiary/aromatic N) is 4. The fraction of sp³-hybridized carbons (Fsp3) is 0.115. The van der Waals surface area contributed by atoms with Gasteiger partial charge < -0.3 is 5.11 Å². The number of aromatic hydroxyl groups is 1. The van der Waals surface area contributed by atoms with E-state index in [1.807, 2.05) is 77.6 Å². The van der Waals surface area contributed by atoms with Gasteiger partial charge in [-0.3, -0.25) is 4.79 Å². The predicted octanol–water partition coefficient (Wildman–Crippen LogP) is 4.94. The summed E-state index contributed by atoms with van der Waals surface area (Å²) < 4.78 is 1.85. The SMILES string of the molecule is CC(=O)N1N=C(c2cccc(O)c2)C[C@@H]1c1cn(-c2ccccc2)nc1-c1ccccc1. The van der Waals surface area contributed by atoms with Gasteiger partial charge in [-0.2, -0.15) is 10.2 Å². The first-order valence-corrected chi connectivity index (χ1v) is 10.5. The first-order valence-electron chi connectivity index (χ1n) is 10.5. The number of carbonyl (C=O) groups is 1. The van der Waals surface area contributed by atoms with Crippen LogP contribution < -0.4 is 0 Å². The molecule has 1 atom stereocenters. The third-order valence-corrected chi connectivity index (χ3v) is 5.58. The highest BCUT2D eigenvalue weighted by Gasteiger charge is 2.34. The molecular weight excluding hydrogens is 400 g/mol. The molecule has 5 rings (SSSR count).